The molecule has 1 aromatic rings. The van der Waals surface area contributed by atoms with Gasteiger partial charge >= 0.3 is 0 Å². The third kappa shape index (κ3) is 2.50. The zero-order valence-electron chi connectivity index (χ0n) is 9.02. The third-order valence-electron chi connectivity index (χ3n) is 2.94. The second kappa shape index (κ2) is 4.27. The molecule has 1 aliphatic rings. The molecule has 1 aliphatic heterocycles. The topological polar surface area (TPSA) is 29.1 Å². The van der Waals surface area contributed by atoms with Gasteiger partial charge in [-0.2, -0.15) is 0 Å². The molecular formula is C12H13Cl2NO. The van der Waals surface area contributed by atoms with E-state index in [0.29, 0.717) is 16.5 Å². The molecular weight excluding hydrogens is 245 g/mol. The molecule has 2 nitrogen and oxygen atoms in total. The molecule has 0 aromatic heterocycles. The van der Waals surface area contributed by atoms with Crippen molar-refractivity contribution < 1.29 is 4.79 Å². The highest BCUT2D eigenvalue weighted by atomic mass is 35.5. The molecule has 1 saturated heterocycles. The van der Waals surface area contributed by atoms with E-state index in [0.717, 1.165) is 18.4 Å². The van der Waals surface area contributed by atoms with E-state index in [2.05, 4.69) is 5.32 Å². The Morgan fingerprint density at radius 2 is 2.19 bits per heavy atom. The van der Waals surface area contributed by atoms with Crippen LogP contribution in [0.2, 0.25) is 10.0 Å². The first-order chi connectivity index (χ1) is 7.48. The summed E-state index contributed by atoms with van der Waals surface area (Å²) in [5, 5.41) is 4.29. The molecule has 1 unspecified atom stereocenters. The third-order valence-corrected chi connectivity index (χ3v) is 3.53. The van der Waals surface area contributed by atoms with Crippen LogP contribution in [0.25, 0.3) is 0 Å². The van der Waals surface area contributed by atoms with Crippen molar-refractivity contribution in [2.45, 2.75) is 31.7 Å². The van der Waals surface area contributed by atoms with Gasteiger partial charge in [-0.15, -0.1) is 0 Å². The van der Waals surface area contributed by atoms with Crippen molar-refractivity contribution in [2.24, 2.45) is 0 Å². The molecule has 1 amide bonds. The summed E-state index contributed by atoms with van der Waals surface area (Å²) in [5.74, 6) is 0.118. The van der Waals surface area contributed by atoms with E-state index in [1.807, 2.05) is 19.1 Å². The number of hydrogen-bond acceptors (Lipinski definition) is 1. The highest BCUT2D eigenvalue weighted by molar-refractivity contribution is 6.35. The average molecular weight is 258 g/mol. The molecule has 0 spiro atoms. The van der Waals surface area contributed by atoms with E-state index < -0.39 is 0 Å². The predicted octanol–water partition coefficient (Wildman–Crippen LogP) is 3.20. The van der Waals surface area contributed by atoms with Gasteiger partial charge in [0.15, 0.2) is 0 Å². The minimum Gasteiger partial charge on any atom is -0.351 e. The molecule has 0 radical (unpaired) electrons. The molecule has 16 heavy (non-hydrogen) atoms. The average Bonchev–Trinajstić information content (AvgIpc) is 2.52. The molecule has 1 heterocycles. The maximum absolute atomic E-state index is 11.2. The zero-order valence-corrected chi connectivity index (χ0v) is 10.5. The van der Waals surface area contributed by atoms with Crippen LogP contribution < -0.4 is 5.32 Å². The molecule has 2 rings (SSSR count). The van der Waals surface area contributed by atoms with Crippen LogP contribution in [0, 0.1) is 0 Å². The van der Waals surface area contributed by atoms with Crippen molar-refractivity contribution in [3.8, 4) is 0 Å². The number of carbonyl (C=O) groups is 1. The Hall–Kier alpha value is -0.730. The van der Waals surface area contributed by atoms with E-state index >= 15 is 0 Å². The van der Waals surface area contributed by atoms with Gasteiger partial charge in [0.25, 0.3) is 0 Å². The largest absolute Gasteiger partial charge is 0.351 e. The van der Waals surface area contributed by atoms with Gasteiger partial charge in [0.2, 0.25) is 5.91 Å². The monoisotopic (exact) mass is 257 g/mol. The lowest BCUT2D eigenvalue weighted by atomic mass is 9.91. The summed E-state index contributed by atoms with van der Waals surface area (Å²) >= 11 is 11.9. The SMILES string of the molecule is CC1(Cc2ccc(Cl)cc2Cl)CCC(=O)N1. The van der Waals surface area contributed by atoms with Crippen LogP contribution >= 0.6 is 23.2 Å². The number of carbonyl (C=O) groups excluding carboxylic acids is 1. The molecule has 86 valence electrons. The first kappa shape index (κ1) is 11.7. The molecule has 1 N–H and O–H groups in total. The maximum Gasteiger partial charge on any atom is 0.220 e. The van der Waals surface area contributed by atoms with Crippen molar-refractivity contribution in [1.82, 2.24) is 5.32 Å². The van der Waals surface area contributed by atoms with Crippen molar-refractivity contribution in [3.05, 3.63) is 33.8 Å². The van der Waals surface area contributed by atoms with Gasteiger partial charge in [-0.25, -0.2) is 0 Å². The fourth-order valence-corrected chi connectivity index (χ4v) is 2.54. The Kier molecular flexibility index (Phi) is 3.13. The van der Waals surface area contributed by atoms with Crippen LogP contribution in [0.4, 0.5) is 0 Å². The van der Waals surface area contributed by atoms with Gasteiger partial charge in [0, 0.05) is 22.0 Å². The second-order valence-electron chi connectivity index (χ2n) is 4.52. The second-order valence-corrected chi connectivity index (χ2v) is 5.36. The standard InChI is InChI=1S/C12H13Cl2NO/c1-12(5-4-11(16)15-12)7-8-2-3-9(13)6-10(8)14/h2-3,6H,4-5,7H2,1H3,(H,15,16). The van der Waals surface area contributed by atoms with E-state index in [-0.39, 0.29) is 11.4 Å². The molecule has 0 bridgehead atoms. The summed E-state index contributed by atoms with van der Waals surface area (Å²) in [6, 6.07) is 5.47. The number of hydrogen-bond donors (Lipinski definition) is 1. The Morgan fingerprint density at radius 3 is 2.75 bits per heavy atom. The number of rotatable bonds is 2. The minimum atomic E-state index is -0.172. The van der Waals surface area contributed by atoms with Crippen LogP contribution in [0.3, 0.4) is 0 Å². The van der Waals surface area contributed by atoms with Crippen LogP contribution in [0.5, 0.6) is 0 Å². The maximum atomic E-state index is 11.2. The molecule has 4 heteroatoms. The van der Waals surface area contributed by atoms with Gasteiger partial charge in [-0.3, -0.25) is 4.79 Å². The Labute approximate surface area is 105 Å². The Balaban J connectivity index is 2.17. The van der Waals surface area contributed by atoms with Crippen LogP contribution in [0.1, 0.15) is 25.3 Å². The Morgan fingerprint density at radius 1 is 1.44 bits per heavy atom. The lowest BCUT2D eigenvalue weighted by molar-refractivity contribution is -0.119. The van der Waals surface area contributed by atoms with Crippen LogP contribution in [-0.2, 0) is 11.2 Å². The normalized spacial score (nSPS) is 24.6. The van der Waals surface area contributed by atoms with Gasteiger partial charge in [-0.05, 0) is 37.5 Å². The van der Waals surface area contributed by atoms with Gasteiger partial charge in [0.05, 0.1) is 0 Å². The fourth-order valence-electron chi connectivity index (χ4n) is 2.07. The first-order valence-electron chi connectivity index (χ1n) is 5.23. The van der Waals surface area contributed by atoms with Gasteiger partial charge in [-0.1, -0.05) is 29.3 Å². The summed E-state index contributed by atoms with van der Waals surface area (Å²) in [7, 11) is 0. The van der Waals surface area contributed by atoms with Crippen LogP contribution in [0.15, 0.2) is 18.2 Å². The number of benzene rings is 1. The lowest BCUT2D eigenvalue weighted by Gasteiger charge is -2.24. The summed E-state index contributed by atoms with van der Waals surface area (Å²) in [6.45, 7) is 2.04. The molecule has 0 saturated carbocycles. The smallest absolute Gasteiger partial charge is 0.220 e. The highest BCUT2D eigenvalue weighted by Crippen LogP contribution is 2.29. The summed E-state index contributed by atoms with van der Waals surface area (Å²) in [5.41, 5.74) is 0.852. The molecule has 0 aliphatic carbocycles. The summed E-state index contributed by atoms with van der Waals surface area (Å²) in [6.07, 6.45) is 2.20. The first-order valence-corrected chi connectivity index (χ1v) is 5.99. The minimum absolute atomic E-state index is 0.118. The zero-order chi connectivity index (χ0) is 11.8. The quantitative estimate of drug-likeness (QED) is 0.867. The lowest BCUT2D eigenvalue weighted by Crippen LogP contribution is -2.40. The highest BCUT2D eigenvalue weighted by Gasteiger charge is 2.33. The predicted molar refractivity (Wildman–Crippen MR) is 65.9 cm³/mol. The number of amides is 1. The molecule has 1 atom stereocenters. The van der Waals surface area contributed by atoms with Gasteiger partial charge in [0.1, 0.15) is 0 Å². The summed E-state index contributed by atoms with van der Waals surface area (Å²) in [4.78, 5) is 11.2. The van der Waals surface area contributed by atoms with Crippen molar-refractivity contribution in [2.75, 3.05) is 0 Å². The summed E-state index contributed by atoms with van der Waals surface area (Å²) < 4.78 is 0. The van der Waals surface area contributed by atoms with Crippen molar-refractivity contribution in [1.29, 1.82) is 0 Å². The molecule has 1 aromatic carbocycles. The van der Waals surface area contributed by atoms with Gasteiger partial charge < -0.3 is 5.32 Å². The van der Waals surface area contributed by atoms with Crippen molar-refractivity contribution in [3.63, 3.8) is 0 Å². The van der Waals surface area contributed by atoms with E-state index in [1.165, 1.54) is 0 Å². The van der Waals surface area contributed by atoms with E-state index in [4.69, 9.17) is 23.2 Å². The van der Waals surface area contributed by atoms with Crippen molar-refractivity contribution >= 4 is 29.1 Å². The fraction of sp³-hybridized carbons (Fsp3) is 0.417. The molecule has 1 fully saturated rings. The van der Waals surface area contributed by atoms with E-state index in [9.17, 15) is 4.79 Å². The van der Waals surface area contributed by atoms with E-state index in [1.54, 1.807) is 6.07 Å². The number of halogens is 2. The Bertz CT molecular complexity index is 433. The van der Waals surface area contributed by atoms with Crippen LogP contribution in [-0.4, -0.2) is 11.4 Å². The number of nitrogens with one attached hydrogen (secondary N) is 1.